The Morgan fingerprint density at radius 3 is 2.07 bits per heavy atom. The lowest BCUT2D eigenvalue weighted by Gasteiger charge is -2.44. The molecule has 0 aromatic heterocycles. The lowest BCUT2D eigenvalue weighted by Crippen LogP contribution is -2.56. The third-order valence-corrected chi connectivity index (χ3v) is 8.02. The van der Waals surface area contributed by atoms with E-state index in [1.165, 1.54) is 0 Å². The molecule has 7 nitrogen and oxygen atoms in total. The van der Waals surface area contributed by atoms with Crippen molar-refractivity contribution in [1.29, 1.82) is 0 Å². The van der Waals surface area contributed by atoms with Crippen LogP contribution >= 0.6 is 0 Å². The third kappa shape index (κ3) is 5.91. The van der Waals surface area contributed by atoms with Crippen molar-refractivity contribution < 1.29 is 9.59 Å². The zero-order valence-electron chi connectivity index (χ0n) is 23.8. The van der Waals surface area contributed by atoms with E-state index in [9.17, 15) is 9.59 Å². The van der Waals surface area contributed by atoms with E-state index in [0.29, 0.717) is 32.7 Å². The molecule has 0 saturated carbocycles. The van der Waals surface area contributed by atoms with E-state index in [-0.39, 0.29) is 24.3 Å². The highest BCUT2D eigenvalue weighted by Gasteiger charge is 2.36. The predicted molar refractivity (Wildman–Crippen MR) is 167 cm³/mol. The van der Waals surface area contributed by atoms with Crippen LogP contribution in [0.3, 0.4) is 0 Å². The summed E-state index contributed by atoms with van der Waals surface area (Å²) in [4.78, 5) is 37.0. The van der Waals surface area contributed by atoms with Crippen molar-refractivity contribution in [3.05, 3.63) is 120 Å². The second kappa shape index (κ2) is 12.3. The van der Waals surface area contributed by atoms with E-state index in [2.05, 4.69) is 57.6 Å². The van der Waals surface area contributed by atoms with Gasteiger partial charge in [0.05, 0.1) is 18.2 Å². The van der Waals surface area contributed by atoms with Crippen LogP contribution < -0.4 is 10.2 Å². The predicted octanol–water partition coefficient (Wildman–Crippen LogP) is 5.77. The number of piperazine rings is 1. The van der Waals surface area contributed by atoms with Gasteiger partial charge in [-0.25, -0.2) is 4.99 Å². The number of carbonyl (C=O) groups excluding carboxylic acids is 2. The molecule has 42 heavy (non-hydrogen) atoms. The molecule has 4 aromatic rings. The summed E-state index contributed by atoms with van der Waals surface area (Å²) in [6.07, 6.45) is 0.275. The van der Waals surface area contributed by atoms with Crippen molar-refractivity contribution in [2.24, 2.45) is 4.99 Å². The van der Waals surface area contributed by atoms with Crippen molar-refractivity contribution in [2.75, 3.05) is 31.1 Å². The topological polar surface area (TPSA) is 68.2 Å². The summed E-state index contributed by atoms with van der Waals surface area (Å²) in [5.41, 5.74) is 6.21. The van der Waals surface area contributed by atoms with Gasteiger partial charge in [-0.2, -0.15) is 0 Å². The Morgan fingerprint density at radius 1 is 0.762 bits per heavy atom. The van der Waals surface area contributed by atoms with E-state index in [1.807, 2.05) is 71.6 Å². The zero-order valence-corrected chi connectivity index (χ0v) is 23.8. The smallest absolute Gasteiger partial charge is 0.222 e. The summed E-state index contributed by atoms with van der Waals surface area (Å²) < 4.78 is 0. The first-order valence-corrected chi connectivity index (χ1v) is 14.5. The number of guanidine groups is 1. The molecule has 2 amide bonds. The fourth-order valence-corrected chi connectivity index (χ4v) is 5.74. The Hall–Kier alpha value is -4.91. The van der Waals surface area contributed by atoms with Gasteiger partial charge >= 0.3 is 0 Å². The maximum Gasteiger partial charge on any atom is 0.222 e. The number of rotatable bonds is 6. The minimum absolute atomic E-state index is 0.0211. The first-order chi connectivity index (χ1) is 20.6. The van der Waals surface area contributed by atoms with Crippen LogP contribution in [0.5, 0.6) is 0 Å². The van der Waals surface area contributed by atoms with Gasteiger partial charge in [-0.05, 0) is 34.9 Å². The molecule has 0 bridgehead atoms. The molecule has 6 rings (SSSR count). The van der Waals surface area contributed by atoms with Crippen LogP contribution in [0.1, 0.15) is 30.5 Å². The van der Waals surface area contributed by atoms with Gasteiger partial charge in [0, 0.05) is 50.9 Å². The van der Waals surface area contributed by atoms with Crippen LogP contribution in [0.2, 0.25) is 0 Å². The number of nitrogens with one attached hydrogen (secondary N) is 1. The molecule has 4 aromatic carbocycles. The molecule has 7 heteroatoms. The summed E-state index contributed by atoms with van der Waals surface area (Å²) in [5, 5.41) is 3.13. The molecule has 1 N–H and O–H groups in total. The molecule has 0 spiro atoms. The number of hydrogen-bond donors (Lipinski definition) is 1. The second-order valence-electron chi connectivity index (χ2n) is 10.7. The molecule has 1 atom stereocenters. The molecule has 2 heterocycles. The third-order valence-electron chi connectivity index (χ3n) is 8.02. The van der Waals surface area contributed by atoms with Gasteiger partial charge in [0.1, 0.15) is 0 Å². The van der Waals surface area contributed by atoms with Crippen molar-refractivity contribution in [3.63, 3.8) is 0 Å². The average Bonchev–Trinajstić information content (AvgIpc) is 3.04. The highest BCUT2D eigenvalue weighted by molar-refractivity contribution is 6.01. The lowest BCUT2D eigenvalue weighted by molar-refractivity contribution is -0.130. The highest BCUT2D eigenvalue weighted by Crippen LogP contribution is 2.41. The largest absolute Gasteiger partial charge is 0.352 e. The first-order valence-electron chi connectivity index (χ1n) is 14.5. The maximum atomic E-state index is 13.5. The molecule has 0 radical (unpaired) electrons. The summed E-state index contributed by atoms with van der Waals surface area (Å²) >= 11 is 0. The van der Waals surface area contributed by atoms with Crippen molar-refractivity contribution >= 4 is 29.1 Å². The molecule has 1 unspecified atom stereocenters. The number of amides is 2. The Labute approximate surface area is 247 Å². The van der Waals surface area contributed by atoms with Crippen molar-refractivity contribution in [2.45, 2.75) is 25.9 Å². The van der Waals surface area contributed by atoms with E-state index < -0.39 is 0 Å². The van der Waals surface area contributed by atoms with Crippen LogP contribution in [0.4, 0.5) is 11.4 Å². The highest BCUT2D eigenvalue weighted by atomic mass is 16.2. The molecular weight excluding hydrogens is 522 g/mol. The number of aliphatic imine (C=N–C) groups is 1. The molecule has 212 valence electrons. The summed E-state index contributed by atoms with van der Waals surface area (Å²) in [6, 6.07) is 36.6. The number of anilines is 1. The Kier molecular flexibility index (Phi) is 7.99. The standard InChI is InChI=1S/C35H35N5O2/c1-26(41)38-20-22-39(23-21-38)35-37-32-15-9-8-14-31(32)33(24-34(42)36-25-27-10-4-2-5-11-27)40(35)30-18-16-29(17-19-30)28-12-6-3-7-13-28/h2-19,33H,20-25H2,1H3,(H,36,42). The van der Waals surface area contributed by atoms with Gasteiger partial charge in [0.2, 0.25) is 17.8 Å². The van der Waals surface area contributed by atoms with Crippen molar-refractivity contribution in [1.82, 2.24) is 15.1 Å². The summed E-state index contributed by atoms with van der Waals surface area (Å²) in [5.74, 6) is 0.879. The van der Waals surface area contributed by atoms with E-state index in [0.717, 1.165) is 39.6 Å². The number of hydrogen-bond acceptors (Lipinski definition) is 5. The Morgan fingerprint density at radius 2 is 1.38 bits per heavy atom. The van der Waals surface area contributed by atoms with Crippen LogP contribution in [0, 0.1) is 0 Å². The number of fused-ring (bicyclic) bond motifs is 1. The van der Waals surface area contributed by atoms with Gasteiger partial charge in [0.15, 0.2) is 0 Å². The normalized spacial score (nSPS) is 16.5. The fourth-order valence-electron chi connectivity index (χ4n) is 5.74. The monoisotopic (exact) mass is 557 g/mol. The molecule has 1 saturated heterocycles. The van der Waals surface area contributed by atoms with Gasteiger partial charge < -0.3 is 20.0 Å². The zero-order chi connectivity index (χ0) is 28.9. The van der Waals surface area contributed by atoms with E-state index in [1.54, 1.807) is 6.92 Å². The molecule has 2 aliphatic rings. The first kappa shape index (κ1) is 27.3. The van der Waals surface area contributed by atoms with Crippen LogP contribution in [0.25, 0.3) is 11.1 Å². The molecule has 1 fully saturated rings. The van der Waals surface area contributed by atoms with Gasteiger partial charge in [-0.15, -0.1) is 0 Å². The molecular formula is C35H35N5O2. The number of carbonyl (C=O) groups is 2. The Bertz CT molecular complexity index is 1560. The lowest BCUT2D eigenvalue weighted by atomic mass is 9.96. The summed E-state index contributed by atoms with van der Waals surface area (Å²) in [6.45, 7) is 4.72. The average molecular weight is 558 g/mol. The minimum atomic E-state index is -0.252. The Balaban J connectivity index is 1.35. The van der Waals surface area contributed by atoms with Gasteiger partial charge in [0.25, 0.3) is 0 Å². The minimum Gasteiger partial charge on any atom is -0.352 e. The number of benzene rings is 4. The van der Waals surface area contributed by atoms with Gasteiger partial charge in [-0.1, -0.05) is 91.0 Å². The number of nitrogens with zero attached hydrogens (tertiary/aromatic N) is 4. The maximum absolute atomic E-state index is 13.5. The molecule has 0 aliphatic carbocycles. The summed E-state index contributed by atoms with van der Waals surface area (Å²) in [7, 11) is 0. The van der Waals surface area contributed by atoms with Crippen LogP contribution in [-0.2, 0) is 16.1 Å². The number of para-hydroxylation sites is 1. The van der Waals surface area contributed by atoms with E-state index >= 15 is 0 Å². The second-order valence-corrected chi connectivity index (χ2v) is 10.7. The van der Waals surface area contributed by atoms with Gasteiger partial charge in [-0.3, -0.25) is 9.59 Å². The fraction of sp³-hybridized carbons (Fsp3) is 0.229. The van der Waals surface area contributed by atoms with E-state index in [4.69, 9.17) is 4.99 Å². The van der Waals surface area contributed by atoms with Crippen LogP contribution in [-0.4, -0.2) is 53.8 Å². The van der Waals surface area contributed by atoms with Crippen molar-refractivity contribution in [3.8, 4) is 11.1 Å². The quantitative estimate of drug-likeness (QED) is 0.327. The SMILES string of the molecule is CC(=O)N1CCN(C2=Nc3ccccc3C(CC(=O)NCc3ccccc3)N2c2ccc(-c3ccccc3)cc2)CC1. The van der Waals surface area contributed by atoms with Crippen LogP contribution in [0.15, 0.2) is 114 Å². The molecule has 2 aliphatic heterocycles.